The van der Waals surface area contributed by atoms with E-state index in [-0.39, 0.29) is 12.1 Å². The van der Waals surface area contributed by atoms with Gasteiger partial charge in [0.25, 0.3) is 5.91 Å². The number of primary amides is 1. The molecule has 0 saturated heterocycles. The Kier molecular flexibility index (Phi) is 3.54. The first-order valence-electron chi connectivity index (χ1n) is 6.77. The van der Waals surface area contributed by atoms with Crippen molar-refractivity contribution >= 4 is 16.8 Å². The third kappa shape index (κ3) is 2.77. The standard InChI is InChI=1S/C17H11F2N3O/c18-13-2-1-9(6-14(13)19)3-11-4-10(8-20)5-12-7-15(17(21)23)22-16(11)12/h1-2,4-7,22H,3H2,(H2,21,23). The summed E-state index contributed by atoms with van der Waals surface area (Å²) in [5, 5.41) is 9.79. The molecule has 0 atom stereocenters. The van der Waals surface area contributed by atoms with Gasteiger partial charge in [0.05, 0.1) is 11.6 Å². The monoisotopic (exact) mass is 311 g/mol. The summed E-state index contributed by atoms with van der Waals surface area (Å²) in [6, 6.07) is 10.5. The maximum Gasteiger partial charge on any atom is 0.265 e. The summed E-state index contributed by atoms with van der Waals surface area (Å²) in [5.41, 5.74) is 7.78. The van der Waals surface area contributed by atoms with E-state index in [0.717, 1.165) is 12.1 Å². The fraction of sp³-hybridized carbons (Fsp3) is 0.0588. The number of halogens is 2. The number of aromatic amines is 1. The highest BCUT2D eigenvalue weighted by molar-refractivity contribution is 5.98. The average Bonchev–Trinajstić information content (AvgIpc) is 2.95. The molecule has 0 aliphatic carbocycles. The van der Waals surface area contributed by atoms with E-state index in [0.29, 0.717) is 27.6 Å². The molecule has 0 spiro atoms. The van der Waals surface area contributed by atoms with Crippen LogP contribution in [0.1, 0.15) is 27.2 Å². The number of nitrogens with one attached hydrogen (secondary N) is 1. The average molecular weight is 311 g/mol. The van der Waals surface area contributed by atoms with E-state index in [9.17, 15) is 13.6 Å². The Morgan fingerprint density at radius 1 is 1.17 bits per heavy atom. The van der Waals surface area contributed by atoms with E-state index in [4.69, 9.17) is 11.0 Å². The lowest BCUT2D eigenvalue weighted by Crippen LogP contribution is -2.10. The van der Waals surface area contributed by atoms with Crippen LogP contribution in [-0.4, -0.2) is 10.9 Å². The maximum absolute atomic E-state index is 13.4. The molecule has 1 amide bonds. The molecule has 0 bridgehead atoms. The highest BCUT2D eigenvalue weighted by Crippen LogP contribution is 2.24. The SMILES string of the molecule is N#Cc1cc(Cc2ccc(F)c(F)c2)c2[nH]c(C(N)=O)cc2c1. The van der Waals surface area contributed by atoms with Crippen LogP contribution in [0.4, 0.5) is 8.78 Å². The molecule has 114 valence electrons. The molecule has 0 saturated carbocycles. The molecule has 0 unspecified atom stereocenters. The molecule has 3 N–H and O–H groups in total. The predicted octanol–water partition coefficient (Wildman–Crippen LogP) is 3.01. The Balaban J connectivity index is 2.12. The van der Waals surface area contributed by atoms with Crippen molar-refractivity contribution in [2.24, 2.45) is 5.73 Å². The Hall–Kier alpha value is -3.20. The molecule has 4 nitrogen and oxygen atoms in total. The Bertz CT molecular complexity index is 970. The van der Waals surface area contributed by atoms with E-state index >= 15 is 0 Å². The zero-order chi connectivity index (χ0) is 16.6. The minimum atomic E-state index is -0.931. The second-order valence-corrected chi connectivity index (χ2v) is 5.18. The fourth-order valence-electron chi connectivity index (χ4n) is 2.53. The summed E-state index contributed by atoms with van der Waals surface area (Å²) >= 11 is 0. The lowest BCUT2D eigenvalue weighted by atomic mass is 10.00. The van der Waals surface area contributed by atoms with E-state index in [2.05, 4.69) is 4.98 Å². The first-order chi connectivity index (χ1) is 11.0. The van der Waals surface area contributed by atoms with Gasteiger partial charge in [-0.05, 0) is 47.9 Å². The summed E-state index contributed by atoms with van der Waals surface area (Å²) in [5.74, 6) is -2.46. The zero-order valence-corrected chi connectivity index (χ0v) is 11.9. The normalized spacial score (nSPS) is 10.7. The second-order valence-electron chi connectivity index (χ2n) is 5.18. The van der Waals surface area contributed by atoms with Gasteiger partial charge in [-0.25, -0.2) is 8.78 Å². The number of fused-ring (bicyclic) bond motifs is 1. The van der Waals surface area contributed by atoms with Crippen molar-refractivity contribution in [1.29, 1.82) is 5.26 Å². The van der Waals surface area contributed by atoms with Crippen LogP contribution in [0.2, 0.25) is 0 Å². The van der Waals surface area contributed by atoms with Gasteiger partial charge < -0.3 is 10.7 Å². The minimum absolute atomic E-state index is 0.224. The number of hydrogen-bond donors (Lipinski definition) is 2. The molecule has 1 heterocycles. The topological polar surface area (TPSA) is 82.7 Å². The van der Waals surface area contributed by atoms with E-state index in [1.165, 1.54) is 6.07 Å². The van der Waals surface area contributed by atoms with Gasteiger partial charge in [0.1, 0.15) is 5.69 Å². The van der Waals surface area contributed by atoms with Gasteiger partial charge in [0.2, 0.25) is 0 Å². The second kappa shape index (κ2) is 5.54. The minimum Gasteiger partial charge on any atom is -0.364 e. The maximum atomic E-state index is 13.4. The Morgan fingerprint density at radius 3 is 2.61 bits per heavy atom. The van der Waals surface area contributed by atoms with Crippen LogP contribution < -0.4 is 5.73 Å². The molecular weight excluding hydrogens is 300 g/mol. The van der Waals surface area contributed by atoms with Crippen LogP contribution in [-0.2, 0) is 6.42 Å². The van der Waals surface area contributed by atoms with Crippen molar-refractivity contribution in [3.05, 3.63) is 70.4 Å². The van der Waals surface area contributed by atoms with Crippen molar-refractivity contribution in [2.45, 2.75) is 6.42 Å². The van der Waals surface area contributed by atoms with E-state index < -0.39 is 17.5 Å². The third-order valence-corrected chi connectivity index (χ3v) is 3.58. The van der Waals surface area contributed by atoms with Crippen molar-refractivity contribution in [3.63, 3.8) is 0 Å². The number of nitrogens with zero attached hydrogens (tertiary/aromatic N) is 1. The number of hydrogen-bond acceptors (Lipinski definition) is 2. The van der Waals surface area contributed by atoms with E-state index in [1.54, 1.807) is 18.2 Å². The largest absolute Gasteiger partial charge is 0.364 e. The molecule has 0 aliphatic rings. The highest BCUT2D eigenvalue weighted by atomic mass is 19.2. The lowest BCUT2D eigenvalue weighted by Gasteiger charge is -2.06. The molecule has 0 aliphatic heterocycles. The number of amides is 1. The van der Waals surface area contributed by atoms with Crippen LogP contribution in [0.3, 0.4) is 0 Å². The first-order valence-corrected chi connectivity index (χ1v) is 6.77. The van der Waals surface area contributed by atoms with Crippen molar-refractivity contribution in [1.82, 2.24) is 4.98 Å². The number of H-pyrrole nitrogens is 1. The van der Waals surface area contributed by atoms with Crippen LogP contribution in [0.5, 0.6) is 0 Å². The molecular formula is C17H11F2N3O. The quantitative estimate of drug-likeness (QED) is 0.779. The summed E-state index contributed by atoms with van der Waals surface area (Å²) in [6.45, 7) is 0. The molecule has 0 fully saturated rings. The van der Waals surface area contributed by atoms with Crippen molar-refractivity contribution in [3.8, 4) is 6.07 Å². The van der Waals surface area contributed by atoms with Gasteiger partial charge in [-0.1, -0.05) is 6.07 Å². The van der Waals surface area contributed by atoms with Gasteiger partial charge >= 0.3 is 0 Å². The summed E-state index contributed by atoms with van der Waals surface area (Å²) < 4.78 is 26.4. The third-order valence-electron chi connectivity index (χ3n) is 3.58. The van der Waals surface area contributed by atoms with Gasteiger partial charge in [-0.15, -0.1) is 0 Å². The highest BCUT2D eigenvalue weighted by Gasteiger charge is 2.12. The Morgan fingerprint density at radius 2 is 1.96 bits per heavy atom. The van der Waals surface area contributed by atoms with Crippen LogP contribution in [0, 0.1) is 23.0 Å². The fourth-order valence-corrected chi connectivity index (χ4v) is 2.53. The number of rotatable bonds is 3. The van der Waals surface area contributed by atoms with Crippen LogP contribution in [0.15, 0.2) is 36.4 Å². The molecule has 1 aromatic heterocycles. The molecule has 3 aromatic rings. The molecule has 6 heteroatoms. The summed E-state index contributed by atoms with van der Waals surface area (Å²) in [4.78, 5) is 14.2. The molecule has 2 aromatic carbocycles. The van der Waals surface area contributed by atoms with Gasteiger partial charge in [-0.2, -0.15) is 5.26 Å². The first kappa shape index (κ1) is 14.7. The molecule has 3 rings (SSSR count). The molecule has 23 heavy (non-hydrogen) atoms. The Labute approximate surface area is 130 Å². The number of nitrogens with two attached hydrogens (primary N) is 1. The van der Waals surface area contributed by atoms with Gasteiger partial charge in [0.15, 0.2) is 11.6 Å². The van der Waals surface area contributed by atoms with E-state index in [1.807, 2.05) is 6.07 Å². The summed E-state index contributed by atoms with van der Waals surface area (Å²) in [6.07, 6.45) is 0.280. The number of nitriles is 1. The number of carbonyl (C=O) groups is 1. The number of aromatic nitrogens is 1. The zero-order valence-electron chi connectivity index (χ0n) is 11.9. The predicted molar refractivity (Wildman–Crippen MR) is 80.7 cm³/mol. The lowest BCUT2D eigenvalue weighted by molar-refractivity contribution is 0.0996. The summed E-state index contributed by atoms with van der Waals surface area (Å²) in [7, 11) is 0. The smallest absolute Gasteiger partial charge is 0.265 e. The number of benzene rings is 2. The van der Waals surface area contributed by atoms with Gasteiger partial charge in [-0.3, -0.25) is 4.79 Å². The van der Waals surface area contributed by atoms with Crippen molar-refractivity contribution in [2.75, 3.05) is 0 Å². The molecule has 0 radical (unpaired) electrons. The van der Waals surface area contributed by atoms with Crippen LogP contribution in [0.25, 0.3) is 10.9 Å². The van der Waals surface area contributed by atoms with Gasteiger partial charge in [0, 0.05) is 10.9 Å². The number of carbonyl (C=O) groups excluding carboxylic acids is 1. The van der Waals surface area contributed by atoms with Crippen molar-refractivity contribution < 1.29 is 13.6 Å². The van der Waals surface area contributed by atoms with Crippen LogP contribution >= 0.6 is 0 Å².